The van der Waals surface area contributed by atoms with Gasteiger partial charge in [-0.15, -0.1) is 22.7 Å². The van der Waals surface area contributed by atoms with Crippen molar-refractivity contribution in [3.8, 4) is 33.0 Å². The van der Waals surface area contributed by atoms with Gasteiger partial charge in [0.15, 0.2) is 0 Å². The van der Waals surface area contributed by atoms with Crippen molar-refractivity contribution in [2.75, 3.05) is 0 Å². The molecular weight excluding hydrogens is 332 g/mol. The molecule has 0 radical (unpaired) electrons. The summed E-state index contributed by atoms with van der Waals surface area (Å²) in [7, 11) is 0. The van der Waals surface area contributed by atoms with Crippen LogP contribution in [0.25, 0.3) is 20.9 Å². The highest BCUT2D eigenvalue weighted by molar-refractivity contribution is 7.16. The van der Waals surface area contributed by atoms with Gasteiger partial charge in [0.1, 0.15) is 21.9 Å². The lowest BCUT2D eigenvalue weighted by molar-refractivity contribution is 0.945. The second-order valence-corrected chi connectivity index (χ2v) is 8.59. The third-order valence-corrected chi connectivity index (χ3v) is 7.50. The summed E-state index contributed by atoms with van der Waals surface area (Å²) in [5, 5.41) is 18.4. The Bertz CT molecular complexity index is 1030. The minimum atomic E-state index is 0.327. The van der Waals surface area contributed by atoms with E-state index in [9.17, 15) is 10.5 Å². The van der Waals surface area contributed by atoms with E-state index in [-0.39, 0.29) is 0 Å². The molecule has 2 aliphatic rings. The van der Waals surface area contributed by atoms with Gasteiger partial charge in [-0.05, 0) is 57.6 Å². The van der Waals surface area contributed by atoms with Gasteiger partial charge in [-0.3, -0.25) is 0 Å². The normalized spacial score (nSPS) is 19.2. The lowest BCUT2D eigenvalue weighted by atomic mass is 9.93. The monoisotopic (exact) mass is 344 g/mol. The summed E-state index contributed by atoms with van der Waals surface area (Å²) in [6, 6.07) is 13.3. The SMILES string of the molecule is CC1c2cc3c(cc2-c2sc(C#N)cc21)C(C)c1cc(C#N)sc1-3. The molecule has 2 heterocycles. The number of nitriles is 2. The first-order valence-corrected chi connectivity index (χ1v) is 9.52. The maximum absolute atomic E-state index is 9.20. The smallest absolute Gasteiger partial charge is 0.110 e. The quantitative estimate of drug-likeness (QED) is 0.516. The Balaban J connectivity index is 1.76. The van der Waals surface area contributed by atoms with Crippen LogP contribution in [0.2, 0.25) is 0 Å². The van der Waals surface area contributed by atoms with E-state index in [1.54, 1.807) is 22.7 Å². The number of benzene rings is 1. The van der Waals surface area contributed by atoms with E-state index in [4.69, 9.17) is 0 Å². The van der Waals surface area contributed by atoms with Gasteiger partial charge in [0, 0.05) is 21.6 Å². The van der Waals surface area contributed by atoms with Crippen LogP contribution in [0.15, 0.2) is 24.3 Å². The molecule has 0 spiro atoms. The van der Waals surface area contributed by atoms with Crippen molar-refractivity contribution < 1.29 is 0 Å². The zero-order valence-electron chi connectivity index (χ0n) is 13.2. The molecule has 2 aliphatic carbocycles. The molecule has 0 aliphatic heterocycles. The van der Waals surface area contributed by atoms with E-state index in [1.165, 1.54) is 43.1 Å². The van der Waals surface area contributed by atoms with Crippen LogP contribution < -0.4 is 0 Å². The number of hydrogen-bond acceptors (Lipinski definition) is 4. The maximum atomic E-state index is 9.20. The highest BCUT2D eigenvalue weighted by atomic mass is 32.1. The highest BCUT2D eigenvalue weighted by Gasteiger charge is 2.34. The molecule has 0 saturated heterocycles. The third kappa shape index (κ3) is 1.58. The maximum Gasteiger partial charge on any atom is 0.110 e. The van der Waals surface area contributed by atoms with Crippen LogP contribution in [0.1, 0.15) is 57.7 Å². The molecule has 5 rings (SSSR count). The van der Waals surface area contributed by atoms with Crippen molar-refractivity contribution in [1.82, 2.24) is 0 Å². The predicted molar refractivity (Wildman–Crippen MR) is 97.5 cm³/mol. The molecule has 0 fully saturated rings. The van der Waals surface area contributed by atoms with Gasteiger partial charge < -0.3 is 0 Å². The van der Waals surface area contributed by atoms with Crippen molar-refractivity contribution >= 4 is 22.7 Å². The number of nitrogens with zero attached hydrogens (tertiary/aromatic N) is 2. The van der Waals surface area contributed by atoms with Gasteiger partial charge >= 0.3 is 0 Å². The van der Waals surface area contributed by atoms with Crippen LogP contribution in [0.4, 0.5) is 0 Å². The molecule has 0 bridgehead atoms. The molecule has 2 atom stereocenters. The third-order valence-electron chi connectivity index (χ3n) is 5.32. The first-order chi connectivity index (χ1) is 11.6. The van der Waals surface area contributed by atoms with Crippen molar-refractivity contribution in [2.24, 2.45) is 0 Å². The lowest BCUT2D eigenvalue weighted by Gasteiger charge is -2.11. The molecule has 2 unspecified atom stereocenters. The van der Waals surface area contributed by atoms with E-state index in [0.717, 1.165) is 9.75 Å². The van der Waals surface area contributed by atoms with Crippen LogP contribution in [0.3, 0.4) is 0 Å². The molecule has 2 aromatic heterocycles. The van der Waals surface area contributed by atoms with E-state index in [0.29, 0.717) is 11.8 Å². The first-order valence-electron chi connectivity index (χ1n) is 7.88. The fraction of sp³-hybridized carbons (Fsp3) is 0.200. The average molecular weight is 344 g/mol. The van der Waals surface area contributed by atoms with Crippen LogP contribution in [0, 0.1) is 22.7 Å². The topological polar surface area (TPSA) is 47.6 Å². The molecule has 1 aromatic carbocycles. The number of thiophene rings is 2. The summed E-state index contributed by atoms with van der Waals surface area (Å²) < 4.78 is 0. The number of rotatable bonds is 0. The van der Waals surface area contributed by atoms with Crippen molar-refractivity contribution in [1.29, 1.82) is 10.5 Å². The van der Waals surface area contributed by atoms with E-state index < -0.39 is 0 Å². The summed E-state index contributed by atoms with van der Waals surface area (Å²) in [6.45, 7) is 4.44. The van der Waals surface area contributed by atoms with Gasteiger partial charge in [-0.2, -0.15) is 10.5 Å². The standard InChI is InChI=1S/C20H12N2S2/c1-9-13-5-18-14(10(2)16-4-12(8-22)24-20(16)18)6-17(13)19-15(9)3-11(7-21)23-19/h3-6,9-10H,1-2H3. The molecule has 2 nitrogen and oxygen atoms in total. The van der Waals surface area contributed by atoms with Gasteiger partial charge in [0.2, 0.25) is 0 Å². The van der Waals surface area contributed by atoms with Gasteiger partial charge in [-0.25, -0.2) is 0 Å². The Morgan fingerprint density at radius 3 is 1.50 bits per heavy atom. The minimum Gasteiger partial charge on any atom is -0.192 e. The van der Waals surface area contributed by atoms with Crippen LogP contribution in [-0.4, -0.2) is 0 Å². The van der Waals surface area contributed by atoms with Gasteiger partial charge in [0.25, 0.3) is 0 Å². The predicted octanol–water partition coefficient (Wildman–Crippen LogP) is 5.82. The Morgan fingerprint density at radius 1 is 0.708 bits per heavy atom. The summed E-state index contributed by atoms with van der Waals surface area (Å²) in [6.07, 6.45) is 0. The Labute approximate surface area is 148 Å². The summed E-state index contributed by atoms with van der Waals surface area (Å²) in [5.41, 5.74) is 7.87. The highest BCUT2D eigenvalue weighted by Crippen LogP contribution is 2.55. The van der Waals surface area contributed by atoms with E-state index in [1.807, 2.05) is 12.1 Å². The fourth-order valence-corrected chi connectivity index (χ4v) is 6.25. The summed E-state index contributed by atoms with van der Waals surface area (Å²) in [5.74, 6) is 0.654. The second-order valence-electron chi connectivity index (χ2n) is 6.48. The molecule has 4 heteroatoms. The fourth-order valence-electron chi connectivity index (χ4n) is 4.06. The average Bonchev–Trinajstić information content (AvgIpc) is 3.31. The van der Waals surface area contributed by atoms with Crippen LogP contribution >= 0.6 is 22.7 Å². The number of fused-ring (bicyclic) bond motifs is 6. The zero-order chi connectivity index (χ0) is 16.6. The first kappa shape index (κ1) is 14.0. The molecule has 0 N–H and O–H groups in total. The second kappa shape index (κ2) is 4.57. The number of hydrogen-bond donors (Lipinski definition) is 0. The zero-order valence-corrected chi connectivity index (χ0v) is 14.8. The minimum absolute atomic E-state index is 0.327. The molecule has 0 amide bonds. The summed E-state index contributed by atoms with van der Waals surface area (Å²) >= 11 is 3.21. The van der Waals surface area contributed by atoms with Crippen molar-refractivity contribution in [3.63, 3.8) is 0 Å². The van der Waals surface area contributed by atoms with E-state index in [2.05, 4.69) is 38.1 Å². The molecule has 24 heavy (non-hydrogen) atoms. The van der Waals surface area contributed by atoms with Crippen molar-refractivity contribution in [3.05, 3.63) is 56.3 Å². The van der Waals surface area contributed by atoms with Crippen LogP contribution in [0.5, 0.6) is 0 Å². The molecule has 0 saturated carbocycles. The summed E-state index contributed by atoms with van der Waals surface area (Å²) in [4.78, 5) is 4.11. The Kier molecular flexibility index (Phi) is 2.66. The largest absolute Gasteiger partial charge is 0.192 e. The van der Waals surface area contributed by atoms with Crippen molar-refractivity contribution in [2.45, 2.75) is 25.7 Å². The van der Waals surface area contributed by atoms with E-state index >= 15 is 0 Å². The molecule has 114 valence electrons. The lowest BCUT2D eigenvalue weighted by Crippen LogP contribution is -1.93. The molecule has 3 aromatic rings. The van der Waals surface area contributed by atoms with Gasteiger partial charge in [0.05, 0.1) is 0 Å². The van der Waals surface area contributed by atoms with Crippen LogP contribution in [-0.2, 0) is 0 Å². The van der Waals surface area contributed by atoms with Gasteiger partial charge in [-0.1, -0.05) is 13.8 Å². The Morgan fingerprint density at radius 2 is 1.12 bits per heavy atom. The Hall–Kier alpha value is -2.40. The molecular formula is C20H12N2S2.